The number of carbonyl (C=O) groups excluding carboxylic acids is 1. The third-order valence-corrected chi connectivity index (χ3v) is 3.33. The molecule has 0 saturated heterocycles. The Bertz CT molecular complexity index is 695. The molecule has 0 spiro atoms. The van der Waals surface area contributed by atoms with E-state index in [1.807, 2.05) is 31.2 Å². The highest BCUT2D eigenvalue weighted by Gasteiger charge is 2.06. The summed E-state index contributed by atoms with van der Waals surface area (Å²) in [6.07, 6.45) is 1.15. The molecule has 0 fully saturated rings. The zero-order chi connectivity index (χ0) is 17.4. The van der Waals surface area contributed by atoms with Gasteiger partial charge in [-0.2, -0.15) is 0 Å². The van der Waals surface area contributed by atoms with Crippen molar-refractivity contribution in [3.05, 3.63) is 59.7 Å². The van der Waals surface area contributed by atoms with Crippen molar-refractivity contribution in [1.82, 2.24) is 0 Å². The van der Waals surface area contributed by atoms with E-state index in [0.717, 1.165) is 17.7 Å². The van der Waals surface area contributed by atoms with Crippen LogP contribution in [-0.4, -0.2) is 23.6 Å². The third-order valence-electron chi connectivity index (χ3n) is 3.33. The normalized spacial score (nSPS) is 10.2. The summed E-state index contributed by atoms with van der Waals surface area (Å²) in [5, 5.41) is 11.5. The van der Waals surface area contributed by atoms with Crippen LogP contribution in [0, 0.1) is 0 Å². The lowest BCUT2D eigenvalue weighted by molar-refractivity contribution is -0.136. The van der Waals surface area contributed by atoms with Crippen molar-refractivity contribution in [3.63, 3.8) is 0 Å². The lowest BCUT2D eigenvalue weighted by Crippen LogP contribution is -2.14. The van der Waals surface area contributed by atoms with Crippen molar-refractivity contribution in [2.75, 3.05) is 11.9 Å². The van der Waals surface area contributed by atoms with Crippen molar-refractivity contribution in [1.29, 1.82) is 0 Å². The molecule has 5 heteroatoms. The van der Waals surface area contributed by atoms with E-state index < -0.39 is 5.97 Å². The van der Waals surface area contributed by atoms with E-state index in [2.05, 4.69) is 5.32 Å². The van der Waals surface area contributed by atoms with Crippen LogP contribution in [-0.2, 0) is 22.4 Å². The fourth-order valence-corrected chi connectivity index (χ4v) is 2.24. The van der Waals surface area contributed by atoms with Crippen molar-refractivity contribution in [2.45, 2.75) is 26.2 Å². The van der Waals surface area contributed by atoms with Gasteiger partial charge in [-0.15, -0.1) is 0 Å². The topological polar surface area (TPSA) is 75.6 Å². The first-order valence-electron chi connectivity index (χ1n) is 7.89. The number of carbonyl (C=O) groups is 2. The van der Waals surface area contributed by atoms with E-state index >= 15 is 0 Å². The summed E-state index contributed by atoms with van der Waals surface area (Å²) in [7, 11) is 0. The van der Waals surface area contributed by atoms with Gasteiger partial charge in [0.05, 0.1) is 19.4 Å². The van der Waals surface area contributed by atoms with E-state index in [1.54, 1.807) is 24.3 Å². The number of aliphatic carboxylic acids is 1. The maximum absolute atomic E-state index is 12.1. The lowest BCUT2D eigenvalue weighted by atomic mass is 10.1. The van der Waals surface area contributed by atoms with Crippen LogP contribution in [0.25, 0.3) is 0 Å². The second kappa shape index (κ2) is 8.72. The van der Waals surface area contributed by atoms with Gasteiger partial charge in [0.2, 0.25) is 5.91 Å². The van der Waals surface area contributed by atoms with Gasteiger partial charge in [-0.3, -0.25) is 9.59 Å². The lowest BCUT2D eigenvalue weighted by Gasteiger charge is -2.08. The van der Waals surface area contributed by atoms with Crippen LogP contribution in [0.2, 0.25) is 0 Å². The summed E-state index contributed by atoms with van der Waals surface area (Å²) in [4.78, 5) is 22.8. The Balaban J connectivity index is 1.92. The molecule has 1 amide bonds. The summed E-state index contributed by atoms with van der Waals surface area (Å²) in [6.45, 7) is 2.69. The average molecular weight is 327 g/mol. The van der Waals surface area contributed by atoms with Gasteiger partial charge in [-0.1, -0.05) is 31.2 Å². The highest BCUT2D eigenvalue weighted by atomic mass is 16.5. The number of benzene rings is 2. The number of nitrogens with one attached hydrogen (secondary N) is 1. The van der Waals surface area contributed by atoms with Crippen LogP contribution in [0.15, 0.2) is 48.5 Å². The molecule has 2 rings (SSSR count). The second-order valence-electron chi connectivity index (χ2n) is 5.49. The molecule has 0 atom stereocenters. The number of hydrogen-bond acceptors (Lipinski definition) is 3. The average Bonchev–Trinajstić information content (AvgIpc) is 2.54. The maximum atomic E-state index is 12.1. The van der Waals surface area contributed by atoms with Crippen molar-refractivity contribution in [2.24, 2.45) is 0 Å². The maximum Gasteiger partial charge on any atom is 0.307 e. The summed E-state index contributed by atoms with van der Waals surface area (Å²) >= 11 is 0. The van der Waals surface area contributed by atoms with Gasteiger partial charge in [0, 0.05) is 5.69 Å². The molecule has 0 saturated carbocycles. The number of amides is 1. The van der Waals surface area contributed by atoms with Gasteiger partial charge in [-0.25, -0.2) is 0 Å². The molecular formula is C19H21NO4. The van der Waals surface area contributed by atoms with Gasteiger partial charge in [-0.05, 0) is 41.8 Å². The summed E-state index contributed by atoms with van der Waals surface area (Å²) < 4.78 is 5.56. The Hall–Kier alpha value is -2.82. The van der Waals surface area contributed by atoms with Gasteiger partial charge in [0.15, 0.2) is 0 Å². The van der Waals surface area contributed by atoms with Crippen LogP contribution in [0.3, 0.4) is 0 Å². The fourth-order valence-electron chi connectivity index (χ4n) is 2.24. The van der Waals surface area contributed by atoms with Crippen LogP contribution in [0.5, 0.6) is 5.75 Å². The number of carboxylic acids is 1. The second-order valence-corrected chi connectivity index (χ2v) is 5.49. The summed E-state index contributed by atoms with van der Waals surface area (Å²) in [6, 6.07) is 14.3. The molecule has 0 aliphatic heterocycles. The van der Waals surface area contributed by atoms with Gasteiger partial charge in [0.1, 0.15) is 5.75 Å². The molecule has 24 heavy (non-hydrogen) atoms. The molecule has 0 heterocycles. The van der Waals surface area contributed by atoms with Gasteiger partial charge in [0.25, 0.3) is 0 Å². The first-order chi connectivity index (χ1) is 11.6. The smallest absolute Gasteiger partial charge is 0.307 e. The monoisotopic (exact) mass is 327 g/mol. The molecule has 126 valence electrons. The molecule has 2 aromatic rings. The van der Waals surface area contributed by atoms with E-state index in [-0.39, 0.29) is 18.7 Å². The van der Waals surface area contributed by atoms with Crippen LogP contribution in [0.4, 0.5) is 5.69 Å². The standard InChI is InChI=1S/C19H21NO4/c1-2-10-24-17-5-3-4-15(11-17)12-18(21)20-16-8-6-14(7-9-16)13-19(22)23/h3-9,11H,2,10,12-13H2,1H3,(H,20,21)(H,22,23). The van der Waals surface area contributed by atoms with Crippen molar-refractivity contribution >= 4 is 17.6 Å². The molecule has 0 bridgehead atoms. The number of rotatable bonds is 8. The van der Waals surface area contributed by atoms with Gasteiger partial charge >= 0.3 is 5.97 Å². The minimum absolute atomic E-state index is 0.0290. The molecule has 0 aliphatic rings. The van der Waals surface area contributed by atoms with Crippen LogP contribution in [0.1, 0.15) is 24.5 Å². The largest absolute Gasteiger partial charge is 0.494 e. The quantitative estimate of drug-likeness (QED) is 0.780. The van der Waals surface area contributed by atoms with Crippen molar-refractivity contribution < 1.29 is 19.4 Å². The highest BCUT2D eigenvalue weighted by Crippen LogP contribution is 2.15. The Morgan fingerprint density at radius 2 is 1.79 bits per heavy atom. The predicted octanol–water partition coefficient (Wildman–Crippen LogP) is 3.28. The zero-order valence-electron chi connectivity index (χ0n) is 13.6. The van der Waals surface area contributed by atoms with E-state index in [4.69, 9.17) is 9.84 Å². The molecule has 0 aromatic heterocycles. The molecule has 0 radical (unpaired) electrons. The molecule has 2 N–H and O–H groups in total. The molecule has 5 nitrogen and oxygen atoms in total. The molecule has 0 unspecified atom stereocenters. The number of anilines is 1. The molecule has 0 aliphatic carbocycles. The Kier molecular flexibility index (Phi) is 6.37. The molecule has 2 aromatic carbocycles. The molecular weight excluding hydrogens is 306 g/mol. The van der Waals surface area contributed by atoms with E-state index in [0.29, 0.717) is 17.9 Å². The zero-order valence-corrected chi connectivity index (χ0v) is 13.6. The third kappa shape index (κ3) is 5.76. The van der Waals surface area contributed by atoms with Crippen molar-refractivity contribution in [3.8, 4) is 5.75 Å². The number of hydrogen-bond donors (Lipinski definition) is 2. The predicted molar refractivity (Wildman–Crippen MR) is 92.3 cm³/mol. The number of ether oxygens (including phenoxy) is 1. The van der Waals surface area contributed by atoms with E-state index in [9.17, 15) is 9.59 Å². The SMILES string of the molecule is CCCOc1cccc(CC(=O)Nc2ccc(CC(=O)O)cc2)c1. The first kappa shape index (κ1) is 17.5. The Morgan fingerprint density at radius 3 is 2.46 bits per heavy atom. The van der Waals surface area contributed by atoms with Crippen LogP contribution >= 0.6 is 0 Å². The fraction of sp³-hybridized carbons (Fsp3) is 0.263. The summed E-state index contributed by atoms with van der Waals surface area (Å²) in [5.74, 6) is -0.245. The summed E-state index contributed by atoms with van der Waals surface area (Å²) in [5.41, 5.74) is 2.22. The Morgan fingerprint density at radius 1 is 1.04 bits per heavy atom. The highest BCUT2D eigenvalue weighted by molar-refractivity contribution is 5.92. The van der Waals surface area contributed by atoms with E-state index in [1.165, 1.54) is 0 Å². The Labute approximate surface area is 141 Å². The van der Waals surface area contributed by atoms with Gasteiger partial charge < -0.3 is 15.2 Å². The first-order valence-corrected chi connectivity index (χ1v) is 7.89. The number of carboxylic acid groups (broad SMARTS) is 1. The minimum atomic E-state index is -0.878. The minimum Gasteiger partial charge on any atom is -0.494 e. The van der Waals surface area contributed by atoms with Crippen LogP contribution < -0.4 is 10.1 Å².